The first kappa shape index (κ1) is 17.8. The molecule has 1 fully saturated rings. The number of ether oxygens (including phenoxy) is 2. The Hall–Kier alpha value is -1.97. The molecule has 5 atom stereocenters. The number of hydrogen-bond acceptors (Lipinski definition) is 7. The van der Waals surface area contributed by atoms with E-state index >= 15 is 0 Å². The third-order valence-corrected chi connectivity index (χ3v) is 4.36. The van der Waals surface area contributed by atoms with E-state index in [1.165, 1.54) is 0 Å². The van der Waals surface area contributed by atoms with Gasteiger partial charge in [-0.1, -0.05) is 0 Å². The molecule has 0 unspecified atom stereocenters. The predicted octanol–water partition coefficient (Wildman–Crippen LogP) is -0.128. The average Bonchev–Trinajstić information content (AvgIpc) is 2.95. The number of aromatic amines is 1. The molecule has 1 aromatic carbocycles. The van der Waals surface area contributed by atoms with Gasteiger partial charge in [-0.3, -0.25) is 0 Å². The van der Waals surface area contributed by atoms with Gasteiger partial charge in [-0.05, 0) is 38.1 Å². The van der Waals surface area contributed by atoms with Crippen molar-refractivity contribution in [3.63, 3.8) is 0 Å². The zero-order chi connectivity index (χ0) is 18.1. The molecule has 5 N–H and O–H groups in total. The molecule has 25 heavy (non-hydrogen) atoms. The molecular formula is C17H22N2O6. The molecule has 0 amide bonds. The predicted molar refractivity (Wildman–Crippen MR) is 87.9 cm³/mol. The van der Waals surface area contributed by atoms with E-state index in [0.29, 0.717) is 5.75 Å². The van der Waals surface area contributed by atoms with E-state index in [4.69, 9.17) is 9.47 Å². The summed E-state index contributed by atoms with van der Waals surface area (Å²) in [6.07, 6.45) is -6.52. The fourth-order valence-electron chi connectivity index (χ4n) is 2.67. The molecule has 3 rings (SSSR count). The van der Waals surface area contributed by atoms with Gasteiger partial charge >= 0.3 is 0 Å². The van der Waals surface area contributed by atoms with Crippen molar-refractivity contribution in [3.8, 4) is 17.1 Å². The van der Waals surface area contributed by atoms with Crippen molar-refractivity contribution < 1.29 is 29.9 Å². The Morgan fingerprint density at radius 3 is 2.32 bits per heavy atom. The molecular weight excluding hydrogens is 328 g/mol. The van der Waals surface area contributed by atoms with Gasteiger partial charge in [0.1, 0.15) is 36.0 Å². The lowest BCUT2D eigenvalue weighted by molar-refractivity contribution is -0.277. The van der Waals surface area contributed by atoms with Crippen molar-refractivity contribution in [3.05, 3.63) is 35.7 Å². The number of nitrogens with zero attached hydrogens (tertiary/aromatic N) is 1. The molecule has 0 spiro atoms. The monoisotopic (exact) mass is 350 g/mol. The Morgan fingerprint density at radius 1 is 1.08 bits per heavy atom. The normalized spacial score (nSPS) is 29.6. The first-order valence-electron chi connectivity index (χ1n) is 8.01. The van der Waals surface area contributed by atoms with Crippen molar-refractivity contribution >= 4 is 0 Å². The van der Waals surface area contributed by atoms with Crippen LogP contribution in [-0.2, 0) is 4.74 Å². The van der Waals surface area contributed by atoms with Gasteiger partial charge in [-0.25, -0.2) is 4.98 Å². The first-order valence-corrected chi connectivity index (χ1v) is 8.01. The van der Waals surface area contributed by atoms with Gasteiger partial charge in [0.25, 0.3) is 0 Å². The van der Waals surface area contributed by atoms with Gasteiger partial charge in [0.05, 0.1) is 12.3 Å². The zero-order valence-electron chi connectivity index (χ0n) is 14.0. The number of imidazole rings is 1. The second-order valence-electron chi connectivity index (χ2n) is 6.14. The summed E-state index contributed by atoms with van der Waals surface area (Å²) in [6.45, 7) is 3.37. The van der Waals surface area contributed by atoms with Crippen molar-refractivity contribution in [2.75, 3.05) is 6.61 Å². The van der Waals surface area contributed by atoms with Crippen LogP contribution in [-0.4, -0.2) is 67.7 Å². The van der Waals surface area contributed by atoms with Crippen LogP contribution in [0.4, 0.5) is 0 Å². The number of aliphatic hydroxyl groups is 4. The summed E-state index contributed by atoms with van der Waals surface area (Å²) in [5, 5.41) is 38.7. The summed E-state index contributed by atoms with van der Waals surface area (Å²) < 4.78 is 10.9. The molecule has 1 aliphatic rings. The second-order valence-corrected chi connectivity index (χ2v) is 6.14. The van der Waals surface area contributed by atoms with E-state index in [9.17, 15) is 20.4 Å². The summed E-state index contributed by atoms with van der Waals surface area (Å²) >= 11 is 0. The average molecular weight is 350 g/mol. The Labute approximate surface area is 144 Å². The highest BCUT2D eigenvalue weighted by atomic mass is 16.7. The van der Waals surface area contributed by atoms with Crippen molar-refractivity contribution in [1.82, 2.24) is 9.97 Å². The van der Waals surface area contributed by atoms with Crippen molar-refractivity contribution in [1.29, 1.82) is 0 Å². The maximum Gasteiger partial charge on any atom is 0.229 e. The number of rotatable bonds is 4. The highest BCUT2D eigenvalue weighted by Crippen LogP contribution is 2.26. The molecule has 1 aromatic heterocycles. The molecule has 8 heteroatoms. The van der Waals surface area contributed by atoms with Crippen LogP contribution in [0.15, 0.2) is 24.3 Å². The number of aliphatic hydroxyl groups excluding tert-OH is 4. The van der Waals surface area contributed by atoms with E-state index in [1.54, 1.807) is 24.3 Å². The third-order valence-electron chi connectivity index (χ3n) is 4.36. The van der Waals surface area contributed by atoms with Crippen LogP contribution in [0.1, 0.15) is 11.4 Å². The molecule has 1 saturated heterocycles. The molecule has 136 valence electrons. The standard InChI is InChI=1S/C17H22N2O6/c1-8-9(2)19-16(18-8)10-3-5-11(6-4-10)24-17-15(23)14(22)13(21)12(7-20)25-17/h3-6,12-15,17,20-23H,7H2,1-2H3,(H,18,19)/t12-,13-,14+,15-,17-/m1/s1. The second kappa shape index (κ2) is 7.11. The highest BCUT2D eigenvalue weighted by molar-refractivity contribution is 5.57. The van der Waals surface area contributed by atoms with Gasteiger partial charge in [0.15, 0.2) is 0 Å². The van der Waals surface area contributed by atoms with Crippen LogP contribution in [0, 0.1) is 13.8 Å². The molecule has 2 aromatic rings. The summed E-state index contributed by atoms with van der Waals surface area (Å²) in [4.78, 5) is 7.61. The van der Waals surface area contributed by atoms with Crippen LogP contribution >= 0.6 is 0 Å². The van der Waals surface area contributed by atoms with Gasteiger partial charge in [-0.2, -0.15) is 0 Å². The summed E-state index contributed by atoms with van der Waals surface area (Å²) in [6, 6.07) is 6.97. The lowest BCUT2D eigenvalue weighted by atomic mass is 9.99. The van der Waals surface area contributed by atoms with Gasteiger partial charge < -0.3 is 34.9 Å². The van der Waals surface area contributed by atoms with E-state index in [2.05, 4.69) is 9.97 Å². The first-order chi connectivity index (χ1) is 11.9. The van der Waals surface area contributed by atoms with E-state index in [1.807, 2.05) is 13.8 Å². The SMILES string of the molecule is Cc1nc(-c2ccc(O[C@@H]3O[C@H](CO)[C@@H](O)[C@H](O)[C@H]3O)cc2)[nH]c1C. The number of benzene rings is 1. The molecule has 0 aliphatic carbocycles. The summed E-state index contributed by atoms with van der Waals surface area (Å²) in [5.74, 6) is 1.16. The smallest absolute Gasteiger partial charge is 0.229 e. The van der Waals surface area contributed by atoms with Crippen LogP contribution in [0.2, 0.25) is 0 Å². The summed E-state index contributed by atoms with van der Waals surface area (Å²) in [7, 11) is 0. The minimum Gasteiger partial charge on any atom is -0.462 e. The van der Waals surface area contributed by atoms with E-state index in [-0.39, 0.29) is 0 Å². The Kier molecular flexibility index (Phi) is 5.07. The number of aryl methyl sites for hydroxylation is 2. The molecule has 2 heterocycles. The fourth-order valence-corrected chi connectivity index (χ4v) is 2.67. The largest absolute Gasteiger partial charge is 0.462 e. The molecule has 8 nitrogen and oxygen atoms in total. The molecule has 0 radical (unpaired) electrons. The maximum atomic E-state index is 9.99. The molecule has 1 aliphatic heterocycles. The quantitative estimate of drug-likeness (QED) is 0.520. The van der Waals surface area contributed by atoms with Gasteiger partial charge in [-0.15, -0.1) is 0 Å². The summed E-state index contributed by atoms with van der Waals surface area (Å²) in [5.41, 5.74) is 2.80. The fraction of sp³-hybridized carbons (Fsp3) is 0.471. The van der Waals surface area contributed by atoms with Crippen LogP contribution in [0.3, 0.4) is 0 Å². The molecule has 0 saturated carbocycles. The number of H-pyrrole nitrogens is 1. The number of nitrogens with one attached hydrogen (secondary N) is 1. The van der Waals surface area contributed by atoms with Crippen LogP contribution in [0.5, 0.6) is 5.75 Å². The molecule has 0 bridgehead atoms. The minimum atomic E-state index is -1.47. The topological polar surface area (TPSA) is 128 Å². The zero-order valence-corrected chi connectivity index (χ0v) is 14.0. The lowest BCUT2D eigenvalue weighted by Crippen LogP contribution is -2.60. The van der Waals surface area contributed by atoms with Gasteiger partial charge in [0.2, 0.25) is 6.29 Å². The Balaban J connectivity index is 1.72. The van der Waals surface area contributed by atoms with Gasteiger partial charge in [0, 0.05) is 11.3 Å². The lowest BCUT2D eigenvalue weighted by Gasteiger charge is -2.39. The Morgan fingerprint density at radius 2 is 1.76 bits per heavy atom. The maximum absolute atomic E-state index is 9.99. The van der Waals surface area contributed by atoms with Crippen LogP contribution < -0.4 is 4.74 Å². The van der Waals surface area contributed by atoms with E-state index in [0.717, 1.165) is 22.8 Å². The minimum absolute atomic E-state index is 0.410. The third kappa shape index (κ3) is 3.53. The number of hydrogen-bond donors (Lipinski definition) is 5. The Bertz CT molecular complexity index is 695. The van der Waals surface area contributed by atoms with E-state index < -0.39 is 37.3 Å². The highest BCUT2D eigenvalue weighted by Gasteiger charge is 2.44. The van der Waals surface area contributed by atoms with Crippen LogP contribution in [0.25, 0.3) is 11.4 Å². The number of aromatic nitrogens is 2. The van der Waals surface area contributed by atoms with Crippen molar-refractivity contribution in [2.45, 2.75) is 44.6 Å². The van der Waals surface area contributed by atoms with Crippen molar-refractivity contribution in [2.24, 2.45) is 0 Å².